The minimum atomic E-state index is -0.683. The van der Waals surface area contributed by atoms with Crippen molar-refractivity contribution in [2.75, 3.05) is 6.54 Å². The number of amides is 2. The Morgan fingerprint density at radius 2 is 1.81 bits per heavy atom. The molecule has 3 rings (SSSR count). The molecule has 2 aromatic carbocycles. The third-order valence-corrected chi connectivity index (χ3v) is 4.43. The summed E-state index contributed by atoms with van der Waals surface area (Å²) in [5.41, 5.74) is 12.8. The number of fused-ring (bicyclic) bond motifs is 1. The molecule has 1 heterocycles. The van der Waals surface area contributed by atoms with Crippen LogP contribution >= 0.6 is 11.6 Å². The van der Waals surface area contributed by atoms with Crippen LogP contribution in [0.3, 0.4) is 0 Å². The Hall–Kier alpha value is -2.67. The highest BCUT2D eigenvalue weighted by Gasteiger charge is 2.25. The van der Waals surface area contributed by atoms with Gasteiger partial charge in [0.25, 0.3) is 0 Å². The lowest BCUT2D eigenvalue weighted by Crippen LogP contribution is -2.36. The molecular weight excluding hydrogens is 362 g/mol. The van der Waals surface area contributed by atoms with Crippen molar-refractivity contribution in [1.82, 2.24) is 4.90 Å². The zero-order valence-corrected chi connectivity index (χ0v) is 13.9. The molecule has 0 fully saturated rings. The Labute approximate surface area is 155 Å². The maximum absolute atomic E-state index is 14.2. The summed E-state index contributed by atoms with van der Waals surface area (Å²) in [4.78, 5) is 17.1. The van der Waals surface area contributed by atoms with Gasteiger partial charge < -0.3 is 16.4 Å². The maximum Gasteiger partial charge on any atom is 0.347 e. The van der Waals surface area contributed by atoms with E-state index in [1.807, 2.05) is 0 Å². The van der Waals surface area contributed by atoms with E-state index < -0.39 is 17.7 Å². The van der Waals surface area contributed by atoms with Gasteiger partial charge in [-0.25, -0.2) is 13.6 Å². The number of carbonyl (C=O) groups excluding carboxylic acids is 1. The summed E-state index contributed by atoms with van der Waals surface area (Å²) in [6.07, 6.45) is 0.483. The zero-order valence-electron chi connectivity index (χ0n) is 13.1. The molecule has 138 valence electrons. The number of aliphatic imine (C=N–C) groups is 1. The van der Waals surface area contributed by atoms with Gasteiger partial charge in [-0.15, -0.1) is 0 Å². The highest BCUT2D eigenvalue weighted by molar-refractivity contribution is 6.31. The Bertz CT molecular complexity index is 882. The van der Waals surface area contributed by atoms with E-state index in [1.54, 1.807) is 12.1 Å². The van der Waals surface area contributed by atoms with E-state index in [0.717, 1.165) is 11.6 Å². The molecule has 2 aromatic rings. The largest absolute Gasteiger partial charge is 0.370 e. The van der Waals surface area contributed by atoms with Crippen molar-refractivity contribution in [3.05, 3.63) is 58.1 Å². The van der Waals surface area contributed by atoms with Gasteiger partial charge >= 0.3 is 6.03 Å². The molecule has 0 saturated carbocycles. The lowest BCUT2D eigenvalue weighted by atomic mass is 9.91. The summed E-state index contributed by atoms with van der Waals surface area (Å²) in [7, 11) is 0. The molecule has 4 N–H and O–H groups in total. The van der Waals surface area contributed by atoms with Crippen LogP contribution in [0.1, 0.15) is 18.6 Å². The molecule has 26 heavy (non-hydrogen) atoms. The van der Waals surface area contributed by atoms with Crippen LogP contribution in [0.15, 0.2) is 35.3 Å². The summed E-state index contributed by atoms with van der Waals surface area (Å²) in [6.45, 7) is 0.565. The number of carbonyl (C=O) groups is 1. The molecule has 0 bridgehead atoms. The highest BCUT2D eigenvalue weighted by atomic mass is 35.5. The van der Waals surface area contributed by atoms with Gasteiger partial charge in [0.05, 0.1) is 0 Å². The second-order valence-electron chi connectivity index (χ2n) is 5.67. The average Bonchev–Trinajstić information content (AvgIpc) is 2.55. The number of guanidine groups is 1. The van der Waals surface area contributed by atoms with E-state index >= 15 is 0 Å². The van der Waals surface area contributed by atoms with Gasteiger partial charge in [-0.3, -0.25) is 0 Å². The number of halogens is 3. The van der Waals surface area contributed by atoms with E-state index in [-0.39, 0.29) is 25.5 Å². The van der Waals surface area contributed by atoms with Crippen molar-refractivity contribution in [1.29, 1.82) is 0 Å². The minimum Gasteiger partial charge on any atom is -0.370 e. The van der Waals surface area contributed by atoms with Gasteiger partial charge in [-0.05, 0) is 41.3 Å². The van der Waals surface area contributed by atoms with Crippen LogP contribution < -0.4 is 11.5 Å². The van der Waals surface area contributed by atoms with E-state index in [2.05, 4.69) is 4.99 Å². The van der Waals surface area contributed by atoms with Crippen molar-refractivity contribution in [2.24, 2.45) is 16.5 Å². The van der Waals surface area contributed by atoms with Crippen molar-refractivity contribution in [3.8, 4) is 11.1 Å². The maximum atomic E-state index is 14.2. The van der Waals surface area contributed by atoms with Crippen LogP contribution in [0.25, 0.3) is 11.1 Å². The summed E-state index contributed by atoms with van der Waals surface area (Å²) in [5, 5.41) is 0.537. The first-order valence-electron chi connectivity index (χ1n) is 7.51. The molecule has 0 aromatic heterocycles. The van der Waals surface area contributed by atoms with Crippen LogP contribution in [0.4, 0.5) is 13.6 Å². The number of nitrogens with zero attached hydrogens (tertiary/aromatic N) is 2. The van der Waals surface area contributed by atoms with Crippen molar-refractivity contribution in [3.63, 3.8) is 0 Å². The van der Waals surface area contributed by atoms with Crippen LogP contribution in [0.2, 0.25) is 5.02 Å². The number of urea groups is 1. The van der Waals surface area contributed by atoms with Gasteiger partial charge in [0.15, 0.2) is 5.96 Å². The molecule has 1 aliphatic heterocycles. The SMILES string of the molecule is C.NC(N)=NC(=O)N1CCc2c(Cl)ccc(-c3ccc(F)cc3F)c2C1. The lowest BCUT2D eigenvalue weighted by molar-refractivity contribution is 0.203. The van der Waals surface area contributed by atoms with Crippen LogP contribution in [-0.2, 0) is 13.0 Å². The van der Waals surface area contributed by atoms with E-state index in [1.165, 1.54) is 17.0 Å². The smallest absolute Gasteiger partial charge is 0.347 e. The number of hydrogen-bond donors (Lipinski definition) is 2. The van der Waals surface area contributed by atoms with Crippen molar-refractivity contribution < 1.29 is 13.6 Å². The number of benzene rings is 2. The summed E-state index contributed by atoms with van der Waals surface area (Å²) < 4.78 is 27.4. The fourth-order valence-electron chi connectivity index (χ4n) is 2.94. The normalized spacial score (nSPS) is 12.8. The van der Waals surface area contributed by atoms with Crippen LogP contribution in [0.5, 0.6) is 0 Å². The minimum absolute atomic E-state index is 0. The molecular formula is C18H19ClF2N4O. The van der Waals surface area contributed by atoms with Gasteiger partial charge in [-0.1, -0.05) is 25.1 Å². The molecule has 5 nitrogen and oxygen atoms in total. The summed E-state index contributed by atoms with van der Waals surface area (Å²) >= 11 is 6.25. The number of nitrogens with two attached hydrogens (primary N) is 2. The van der Waals surface area contributed by atoms with Crippen LogP contribution in [-0.4, -0.2) is 23.4 Å². The number of rotatable bonds is 1. The predicted molar refractivity (Wildman–Crippen MR) is 98.9 cm³/mol. The Balaban J connectivity index is 0.00000243. The average molecular weight is 381 g/mol. The van der Waals surface area contributed by atoms with Gasteiger partial charge in [0, 0.05) is 29.7 Å². The van der Waals surface area contributed by atoms with Crippen molar-refractivity contribution >= 4 is 23.6 Å². The monoisotopic (exact) mass is 380 g/mol. The van der Waals surface area contributed by atoms with Gasteiger partial charge in [-0.2, -0.15) is 4.99 Å². The van der Waals surface area contributed by atoms with E-state index in [9.17, 15) is 13.6 Å². The van der Waals surface area contributed by atoms with E-state index in [4.69, 9.17) is 23.1 Å². The Morgan fingerprint density at radius 1 is 1.12 bits per heavy atom. The topological polar surface area (TPSA) is 84.7 Å². The molecule has 0 spiro atoms. The predicted octanol–water partition coefficient (Wildman–Crippen LogP) is 3.67. The standard InChI is InChI=1S/C17H15ClF2N4O.CH4/c18-14-4-3-10(12-2-1-9(19)7-15(12)20)13-8-24(6-5-11(13)14)17(25)23-16(21)22;/h1-4,7H,5-6,8H2,(H4,21,22,23,25);1H4. The molecule has 0 radical (unpaired) electrons. The molecule has 0 aliphatic carbocycles. The molecule has 0 unspecified atom stereocenters. The molecule has 2 amide bonds. The quantitative estimate of drug-likeness (QED) is 0.584. The first kappa shape index (κ1) is 19.7. The fourth-order valence-corrected chi connectivity index (χ4v) is 3.21. The summed E-state index contributed by atoms with van der Waals surface area (Å²) in [5.74, 6) is -1.67. The second-order valence-corrected chi connectivity index (χ2v) is 6.07. The first-order chi connectivity index (χ1) is 11.9. The Kier molecular flexibility index (Phi) is 5.82. The fraction of sp³-hybridized carbons (Fsp3) is 0.222. The number of hydrogen-bond acceptors (Lipinski definition) is 1. The van der Waals surface area contributed by atoms with Crippen LogP contribution in [0, 0.1) is 11.6 Å². The zero-order chi connectivity index (χ0) is 18.1. The molecule has 8 heteroatoms. The van der Waals surface area contributed by atoms with Gasteiger partial charge in [0.2, 0.25) is 0 Å². The Morgan fingerprint density at radius 3 is 2.46 bits per heavy atom. The molecule has 0 atom stereocenters. The van der Waals surface area contributed by atoms with E-state index in [0.29, 0.717) is 29.1 Å². The lowest BCUT2D eigenvalue weighted by Gasteiger charge is -2.30. The molecule has 0 saturated heterocycles. The third-order valence-electron chi connectivity index (χ3n) is 4.07. The molecule has 1 aliphatic rings. The third kappa shape index (κ3) is 3.77. The second kappa shape index (κ2) is 7.70. The van der Waals surface area contributed by atoms with Crippen molar-refractivity contribution in [2.45, 2.75) is 20.4 Å². The van der Waals surface area contributed by atoms with Gasteiger partial charge in [0.1, 0.15) is 11.6 Å². The summed E-state index contributed by atoms with van der Waals surface area (Å²) in [6, 6.07) is 6.13. The first-order valence-corrected chi connectivity index (χ1v) is 7.89. The highest BCUT2D eigenvalue weighted by Crippen LogP contribution is 2.36.